The summed E-state index contributed by atoms with van der Waals surface area (Å²) in [5.41, 5.74) is 0.467. The van der Waals surface area contributed by atoms with Crippen LogP contribution in [0.15, 0.2) is 53.4 Å². The van der Waals surface area contributed by atoms with Gasteiger partial charge in [0.1, 0.15) is 5.82 Å². The van der Waals surface area contributed by atoms with Crippen molar-refractivity contribution in [2.75, 3.05) is 0 Å². The van der Waals surface area contributed by atoms with Gasteiger partial charge >= 0.3 is 0 Å². The van der Waals surface area contributed by atoms with Crippen molar-refractivity contribution in [3.63, 3.8) is 0 Å². The van der Waals surface area contributed by atoms with Crippen LogP contribution < -0.4 is 4.72 Å². The number of amides is 1. The van der Waals surface area contributed by atoms with Gasteiger partial charge in [-0.3, -0.25) is 4.79 Å². The van der Waals surface area contributed by atoms with Crippen molar-refractivity contribution in [3.05, 3.63) is 65.5 Å². The van der Waals surface area contributed by atoms with Crippen LogP contribution in [0.2, 0.25) is 0 Å². The van der Waals surface area contributed by atoms with Gasteiger partial charge in [-0.25, -0.2) is 17.5 Å². The van der Waals surface area contributed by atoms with Crippen LogP contribution in [0.25, 0.3) is 0 Å². The average molecular weight is 293 g/mol. The summed E-state index contributed by atoms with van der Waals surface area (Å²) in [6, 6.07) is 11.1. The lowest BCUT2D eigenvalue weighted by atomic mass is 10.2. The minimum atomic E-state index is -3.97. The van der Waals surface area contributed by atoms with E-state index in [0.717, 1.165) is 6.07 Å². The van der Waals surface area contributed by atoms with Crippen LogP contribution in [0.4, 0.5) is 4.39 Å². The molecule has 0 aliphatic rings. The Labute approximate surface area is 116 Å². The van der Waals surface area contributed by atoms with Gasteiger partial charge in [-0.05, 0) is 36.8 Å². The Hall–Kier alpha value is -2.21. The van der Waals surface area contributed by atoms with Gasteiger partial charge in [0.25, 0.3) is 15.9 Å². The highest BCUT2D eigenvalue weighted by molar-refractivity contribution is 7.90. The van der Waals surface area contributed by atoms with Crippen LogP contribution in [0.5, 0.6) is 0 Å². The Morgan fingerprint density at radius 1 is 1.10 bits per heavy atom. The summed E-state index contributed by atoms with van der Waals surface area (Å²) in [5.74, 6) is -1.47. The van der Waals surface area contributed by atoms with Crippen LogP contribution in [-0.2, 0) is 10.0 Å². The van der Waals surface area contributed by atoms with E-state index in [1.54, 1.807) is 25.1 Å². The average Bonchev–Trinajstić information content (AvgIpc) is 2.38. The third kappa shape index (κ3) is 3.03. The molecule has 4 nitrogen and oxygen atoms in total. The van der Waals surface area contributed by atoms with Crippen LogP contribution in [0, 0.1) is 12.7 Å². The van der Waals surface area contributed by atoms with Gasteiger partial charge in [-0.2, -0.15) is 0 Å². The second-order valence-corrected chi connectivity index (χ2v) is 5.86. The molecule has 0 saturated heterocycles. The molecule has 0 aromatic heterocycles. The quantitative estimate of drug-likeness (QED) is 0.944. The number of carbonyl (C=O) groups is 1. The molecule has 0 unspecified atom stereocenters. The maximum atomic E-state index is 13.0. The lowest BCUT2D eigenvalue weighted by molar-refractivity contribution is 0.0981. The molecule has 2 aromatic carbocycles. The molecule has 0 bridgehead atoms. The molecule has 0 saturated carbocycles. The number of rotatable bonds is 3. The first-order chi connectivity index (χ1) is 9.40. The van der Waals surface area contributed by atoms with Crippen molar-refractivity contribution in [1.29, 1.82) is 0 Å². The smallest absolute Gasteiger partial charge is 0.265 e. The Bertz CT molecular complexity index is 757. The zero-order valence-corrected chi connectivity index (χ0v) is 11.4. The standard InChI is InChI=1S/C14H12FNO3S/c1-10-5-2-3-8-13(10)20(18,19)16-14(17)11-6-4-7-12(15)9-11/h2-9H,1H3,(H,16,17). The molecule has 0 atom stereocenters. The van der Waals surface area contributed by atoms with E-state index < -0.39 is 21.7 Å². The molecule has 0 aliphatic heterocycles. The van der Waals surface area contributed by atoms with E-state index in [4.69, 9.17) is 0 Å². The highest BCUT2D eigenvalue weighted by Crippen LogP contribution is 2.14. The lowest BCUT2D eigenvalue weighted by Crippen LogP contribution is -2.31. The first kappa shape index (κ1) is 14.2. The fourth-order valence-corrected chi connectivity index (χ4v) is 2.95. The normalized spacial score (nSPS) is 11.1. The van der Waals surface area contributed by atoms with Gasteiger partial charge < -0.3 is 0 Å². The molecule has 2 aromatic rings. The zero-order valence-electron chi connectivity index (χ0n) is 10.6. The van der Waals surface area contributed by atoms with Gasteiger partial charge in [-0.1, -0.05) is 24.3 Å². The van der Waals surface area contributed by atoms with Gasteiger partial charge in [0, 0.05) is 5.56 Å². The summed E-state index contributed by atoms with van der Waals surface area (Å²) in [6.07, 6.45) is 0. The number of benzene rings is 2. The molecule has 0 heterocycles. The molecule has 0 fully saturated rings. The summed E-state index contributed by atoms with van der Waals surface area (Å²) < 4.78 is 39.1. The molecule has 0 aliphatic carbocycles. The van der Waals surface area contributed by atoms with Crippen molar-refractivity contribution in [2.45, 2.75) is 11.8 Å². The van der Waals surface area contributed by atoms with Crippen LogP contribution >= 0.6 is 0 Å². The summed E-state index contributed by atoms with van der Waals surface area (Å²) >= 11 is 0. The van der Waals surface area contributed by atoms with E-state index in [1.165, 1.54) is 24.3 Å². The molecule has 0 spiro atoms. The Kier molecular flexibility index (Phi) is 3.85. The molecule has 2 rings (SSSR count). The maximum absolute atomic E-state index is 13.0. The fourth-order valence-electron chi connectivity index (χ4n) is 1.72. The predicted octanol–water partition coefficient (Wildman–Crippen LogP) is 2.25. The lowest BCUT2D eigenvalue weighted by Gasteiger charge is -2.09. The number of sulfonamides is 1. The van der Waals surface area contributed by atoms with Gasteiger partial charge in [-0.15, -0.1) is 0 Å². The maximum Gasteiger partial charge on any atom is 0.265 e. The monoisotopic (exact) mass is 293 g/mol. The number of hydrogen-bond acceptors (Lipinski definition) is 3. The minimum absolute atomic E-state index is 0.0183. The highest BCUT2D eigenvalue weighted by atomic mass is 32.2. The van der Waals surface area contributed by atoms with Gasteiger partial charge in [0.2, 0.25) is 0 Å². The summed E-state index contributed by atoms with van der Waals surface area (Å²) in [7, 11) is -3.97. The largest absolute Gasteiger partial charge is 0.268 e. The number of nitrogens with one attached hydrogen (secondary N) is 1. The number of halogens is 1. The Morgan fingerprint density at radius 2 is 1.80 bits per heavy atom. The van der Waals surface area contributed by atoms with Crippen molar-refractivity contribution < 1.29 is 17.6 Å². The van der Waals surface area contributed by atoms with Crippen LogP contribution in [-0.4, -0.2) is 14.3 Å². The van der Waals surface area contributed by atoms with E-state index in [0.29, 0.717) is 5.56 Å². The van der Waals surface area contributed by atoms with E-state index >= 15 is 0 Å². The van der Waals surface area contributed by atoms with Crippen molar-refractivity contribution in [3.8, 4) is 0 Å². The van der Waals surface area contributed by atoms with Gasteiger partial charge in [0.05, 0.1) is 4.90 Å². The van der Waals surface area contributed by atoms with Crippen LogP contribution in [0.3, 0.4) is 0 Å². The molecular weight excluding hydrogens is 281 g/mol. The van der Waals surface area contributed by atoms with E-state index in [2.05, 4.69) is 0 Å². The van der Waals surface area contributed by atoms with Crippen molar-refractivity contribution >= 4 is 15.9 Å². The summed E-state index contributed by atoms with van der Waals surface area (Å²) in [6.45, 7) is 1.63. The second-order valence-electron chi connectivity index (χ2n) is 4.21. The number of aryl methyl sites for hydroxylation is 1. The SMILES string of the molecule is Cc1ccccc1S(=O)(=O)NC(=O)c1cccc(F)c1. The molecule has 0 radical (unpaired) electrons. The minimum Gasteiger partial charge on any atom is -0.268 e. The van der Waals surface area contributed by atoms with Crippen molar-refractivity contribution in [2.24, 2.45) is 0 Å². The molecule has 1 N–H and O–H groups in total. The van der Waals surface area contributed by atoms with E-state index in [-0.39, 0.29) is 10.5 Å². The summed E-state index contributed by atoms with van der Waals surface area (Å²) in [4.78, 5) is 11.9. The number of hydrogen-bond donors (Lipinski definition) is 1. The molecular formula is C14H12FNO3S. The molecule has 104 valence electrons. The van der Waals surface area contributed by atoms with Gasteiger partial charge in [0.15, 0.2) is 0 Å². The predicted molar refractivity (Wildman–Crippen MR) is 72.2 cm³/mol. The molecule has 6 heteroatoms. The topological polar surface area (TPSA) is 63.2 Å². The summed E-state index contributed by atoms with van der Waals surface area (Å²) in [5, 5.41) is 0. The van der Waals surface area contributed by atoms with E-state index in [1.807, 2.05) is 4.72 Å². The molecule has 20 heavy (non-hydrogen) atoms. The Balaban J connectivity index is 2.30. The first-order valence-corrected chi connectivity index (χ1v) is 7.27. The van der Waals surface area contributed by atoms with E-state index in [9.17, 15) is 17.6 Å². The molecule has 1 amide bonds. The first-order valence-electron chi connectivity index (χ1n) is 5.78. The number of carbonyl (C=O) groups excluding carboxylic acids is 1. The zero-order chi connectivity index (χ0) is 14.8. The highest BCUT2D eigenvalue weighted by Gasteiger charge is 2.20. The van der Waals surface area contributed by atoms with Crippen LogP contribution in [0.1, 0.15) is 15.9 Å². The second kappa shape index (κ2) is 5.42. The third-order valence-corrected chi connectivity index (χ3v) is 4.19. The third-order valence-electron chi connectivity index (χ3n) is 2.70. The fraction of sp³-hybridized carbons (Fsp3) is 0.0714. The Morgan fingerprint density at radius 3 is 2.45 bits per heavy atom. The van der Waals surface area contributed by atoms with Crippen molar-refractivity contribution in [1.82, 2.24) is 4.72 Å².